The Balaban J connectivity index is 2.01. The second-order valence-electron chi connectivity index (χ2n) is 4.02. The van der Waals surface area contributed by atoms with Gasteiger partial charge in [-0.3, -0.25) is 0 Å². The smallest absolute Gasteiger partial charge is 0.0934 e. The van der Waals surface area contributed by atoms with Crippen LogP contribution >= 0.6 is 22.9 Å². The van der Waals surface area contributed by atoms with Crippen molar-refractivity contribution < 1.29 is 9.84 Å². The summed E-state index contributed by atoms with van der Waals surface area (Å²) in [6.07, 6.45) is 2.16. The van der Waals surface area contributed by atoms with Crippen molar-refractivity contribution in [3.8, 4) is 0 Å². The second-order valence-corrected chi connectivity index (χ2v) is 5.79. The van der Waals surface area contributed by atoms with Gasteiger partial charge < -0.3 is 15.2 Å². The van der Waals surface area contributed by atoms with E-state index in [1.54, 1.807) is 18.4 Å². The van der Waals surface area contributed by atoms with Crippen LogP contribution in [0.2, 0.25) is 4.34 Å². The summed E-state index contributed by atoms with van der Waals surface area (Å²) in [5.41, 5.74) is 1.30. The summed E-state index contributed by atoms with van der Waals surface area (Å²) in [7, 11) is 1.64. The van der Waals surface area contributed by atoms with Crippen LogP contribution in [0, 0.1) is 0 Å². The molecule has 0 aliphatic heterocycles. The summed E-state index contributed by atoms with van der Waals surface area (Å²) in [4.78, 5) is 1.37. The first-order chi connectivity index (χ1) is 7.74. The molecule has 2 rings (SSSR count). The van der Waals surface area contributed by atoms with Crippen molar-refractivity contribution in [1.82, 2.24) is 5.32 Å². The fourth-order valence-corrected chi connectivity index (χ4v) is 3.50. The minimum Gasteiger partial charge on any atom is -0.395 e. The molecule has 2 N–H and O–H groups in total. The summed E-state index contributed by atoms with van der Waals surface area (Å²) in [6, 6.07) is 2.35. The lowest BCUT2D eigenvalue weighted by Crippen LogP contribution is -2.38. The minimum atomic E-state index is -0.000347. The highest BCUT2D eigenvalue weighted by Gasteiger charge is 2.26. The third-order valence-corrected chi connectivity index (χ3v) is 4.21. The summed E-state index contributed by atoms with van der Waals surface area (Å²) in [6.45, 7) is 0.623. The predicted octanol–water partition coefficient (Wildman–Crippen LogP) is 1.99. The van der Waals surface area contributed by atoms with Crippen LogP contribution in [0.4, 0.5) is 0 Å². The number of hydrogen-bond acceptors (Lipinski definition) is 4. The third-order valence-electron chi connectivity index (χ3n) is 2.87. The molecule has 0 spiro atoms. The quantitative estimate of drug-likeness (QED) is 0.852. The zero-order valence-electron chi connectivity index (χ0n) is 9.20. The number of methoxy groups -OCH3 is 1. The Bertz CT molecular complexity index is 356. The Hall–Kier alpha value is -0.130. The molecule has 3 nitrogen and oxygen atoms in total. The fourth-order valence-electron chi connectivity index (χ4n) is 2.14. The Morgan fingerprint density at radius 3 is 3.25 bits per heavy atom. The molecule has 1 aromatic heterocycles. The molecule has 0 fully saturated rings. The van der Waals surface area contributed by atoms with Crippen molar-refractivity contribution in [2.75, 3.05) is 20.3 Å². The van der Waals surface area contributed by atoms with Crippen molar-refractivity contribution in [1.29, 1.82) is 0 Å². The van der Waals surface area contributed by atoms with Crippen LogP contribution < -0.4 is 5.32 Å². The van der Waals surface area contributed by atoms with E-state index in [1.807, 2.05) is 6.07 Å². The van der Waals surface area contributed by atoms with Gasteiger partial charge in [-0.05, 0) is 24.5 Å². The van der Waals surface area contributed by atoms with Gasteiger partial charge >= 0.3 is 0 Å². The van der Waals surface area contributed by atoms with E-state index >= 15 is 0 Å². The molecule has 1 aliphatic rings. The lowest BCUT2D eigenvalue weighted by Gasteiger charge is -2.20. The van der Waals surface area contributed by atoms with E-state index in [-0.39, 0.29) is 12.6 Å². The molecule has 0 aromatic carbocycles. The summed E-state index contributed by atoms with van der Waals surface area (Å²) in [5, 5.41) is 12.6. The Kier molecular flexibility index (Phi) is 4.21. The molecule has 0 radical (unpaired) electrons. The predicted molar refractivity (Wildman–Crippen MR) is 66.3 cm³/mol. The number of aryl methyl sites for hydroxylation is 1. The van der Waals surface area contributed by atoms with Crippen LogP contribution in [0.1, 0.15) is 22.9 Å². The van der Waals surface area contributed by atoms with E-state index < -0.39 is 0 Å². The van der Waals surface area contributed by atoms with Crippen LogP contribution in [-0.4, -0.2) is 31.5 Å². The number of halogens is 1. The number of nitrogens with one attached hydrogen (secondary N) is 1. The van der Waals surface area contributed by atoms with Crippen molar-refractivity contribution in [3.63, 3.8) is 0 Å². The van der Waals surface area contributed by atoms with E-state index in [0.29, 0.717) is 12.6 Å². The molecule has 5 heteroatoms. The molecule has 2 unspecified atom stereocenters. The van der Waals surface area contributed by atoms with Crippen LogP contribution in [0.25, 0.3) is 0 Å². The molecule has 90 valence electrons. The number of aliphatic hydroxyl groups is 1. The lowest BCUT2D eigenvalue weighted by atomic mass is 10.1. The number of ether oxygens (including phenoxy) is 1. The van der Waals surface area contributed by atoms with Crippen molar-refractivity contribution >= 4 is 22.9 Å². The highest BCUT2D eigenvalue weighted by Crippen LogP contribution is 2.39. The molecule has 0 amide bonds. The third kappa shape index (κ3) is 2.57. The van der Waals surface area contributed by atoms with Crippen LogP contribution in [-0.2, 0) is 11.2 Å². The average molecular weight is 262 g/mol. The maximum Gasteiger partial charge on any atom is 0.0934 e. The Morgan fingerprint density at radius 1 is 1.75 bits per heavy atom. The first-order valence-electron chi connectivity index (χ1n) is 5.38. The topological polar surface area (TPSA) is 41.5 Å². The fraction of sp³-hybridized carbons (Fsp3) is 0.636. The highest BCUT2D eigenvalue weighted by molar-refractivity contribution is 7.16. The van der Waals surface area contributed by atoms with Crippen molar-refractivity contribution in [3.05, 3.63) is 20.8 Å². The standard InChI is InChI=1S/C11H16ClNO2S/c1-15-6-7(5-14)13-9-2-3-10-8(9)4-11(12)16-10/h4,7,9,13-14H,2-3,5-6H2,1H3. The average Bonchev–Trinajstić information content (AvgIpc) is 2.78. The van der Waals surface area contributed by atoms with Gasteiger partial charge in [0.2, 0.25) is 0 Å². The van der Waals surface area contributed by atoms with Crippen LogP contribution in [0.15, 0.2) is 6.07 Å². The maximum atomic E-state index is 9.20. The molecule has 1 heterocycles. The van der Waals surface area contributed by atoms with E-state index in [1.165, 1.54) is 10.4 Å². The first-order valence-corrected chi connectivity index (χ1v) is 6.58. The lowest BCUT2D eigenvalue weighted by molar-refractivity contribution is 0.122. The van der Waals surface area contributed by atoms with Crippen molar-refractivity contribution in [2.24, 2.45) is 0 Å². The number of thiophene rings is 1. The molecule has 1 aromatic rings. The number of rotatable bonds is 5. The number of hydrogen-bond donors (Lipinski definition) is 2. The minimum absolute atomic E-state index is 0.000347. The number of fused-ring (bicyclic) bond motifs is 1. The van der Waals surface area contributed by atoms with Gasteiger partial charge in [0.15, 0.2) is 0 Å². The van der Waals surface area contributed by atoms with Gasteiger partial charge in [-0.25, -0.2) is 0 Å². The van der Waals surface area contributed by atoms with Gasteiger partial charge in [0.25, 0.3) is 0 Å². The van der Waals surface area contributed by atoms with E-state index in [2.05, 4.69) is 5.32 Å². The van der Waals surface area contributed by atoms with Crippen LogP contribution in [0.5, 0.6) is 0 Å². The summed E-state index contributed by atoms with van der Waals surface area (Å²) < 4.78 is 5.90. The maximum absolute atomic E-state index is 9.20. The highest BCUT2D eigenvalue weighted by atomic mass is 35.5. The second kappa shape index (κ2) is 5.47. The monoisotopic (exact) mass is 261 g/mol. The van der Waals surface area contributed by atoms with E-state index in [4.69, 9.17) is 16.3 Å². The van der Waals surface area contributed by atoms with Crippen LogP contribution in [0.3, 0.4) is 0 Å². The van der Waals surface area contributed by atoms with Gasteiger partial charge in [0.05, 0.1) is 23.6 Å². The molecule has 16 heavy (non-hydrogen) atoms. The van der Waals surface area contributed by atoms with Gasteiger partial charge in [0.1, 0.15) is 0 Å². The van der Waals surface area contributed by atoms with Gasteiger partial charge in [-0.15, -0.1) is 11.3 Å². The molecule has 2 atom stereocenters. The molecule has 1 aliphatic carbocycles. The Labute approximate surface area is 104 Å². The Morgan fingerprint density at radius 2 is 2.56 bits per heavy atom. The SMILES string of the molecule is COCC(CO)NC1CCc2sc(Cl)cc21. The zero-order valence-corrected chi connectivity index (χ0v) is 10.8. The van der Waals surface area contributed by atoms with Gasteiger partial charge in [-0.2, -0.15) is 0 Å². The molecular formula is C11H16ClNO2S. The van der Waals surface area contributed by atoms with Gasteiger partial charge in [0, 0.05) is 18.0 Å². The van der Waals surface area contributed by atoms with Gasteiger partial charge in [-0.1, -0.05) is 11.6 Å². The largest absolute Gasteiger partial charge is 0.395 e. The molecule has 0 saturated carbocycles. The summed E-state index contributed by atoms with van der Waals surface area (Å²) in [5.74, 6) is 0. The van der Waals surface area contributed by atoms with Crippen molar-refractivity contribution in [2.45, 2.75) is 24.9 Å². The zero-order chi connectivity index (χ0) is 11.5. The number of aliphatic hydroxyl groups excluding tert-OH is 1. The van der Waals surface area contributed by atoms with E-state index in [9.17, 15) is 5.11 Å². The molecule has 0 saturated heterocycles. The molecular weight excluding hydrogens is 246 g/mol. The first kappa shape index (κ1) is 12.3. The normalized spacial score (nSPS) is 21.1. The van der Waals surface area contributed by atoms with E-state index in [0.717, 1.165) is 17.2 Å². The molecule has 0 bridgehead atoms. The summed E-state index contributed by atoms with van der Waals surface area (Å²) >= 11 is 7.65.